The summed E-state index contributed by atoms with van der Waals surface area (Å²) in [6.07, 6.45) is 2.41. The molecule has 1 heterocycles. The van der Waals surface area contributed by atoms with E-state index in [2.05, 4.69) is 24.1 Å². The summed E-state index contributed by atoms with van der Waals surface area (Å²) >= 11 is 1.13. The van der Waals surface area contributed by atoms with E-state index >= 15 is 0 Å². The molecule has 17 heavy (non-hydrogen) atoms. The van der Waals surface area contributed by atoms with E-state index in [1.54, 1.807) is 0 Å². The molecule has 0 fully saturated rings. The van der Waals surface area contributed by atoms with Crippen LogP contribution in [0, 0.1) is 5.92 Å². The molecule has 0 aliphatic heterocycles. The van der Waals surface area contributed by atoms with E-state index in [4.69, 9.17) is 9.84 Å². The van der Waals surface area contributed by atoms with Crippen LogP contribution < -0.4 is 5.32 Å². The second-order valence-electron chi connectivity index (χ2n) is 4.06. The van der Waals surface area contributed by atoms with Crippen LogP contribution in [0.3, 0.4) is 0 Å². The molecule has 0 saturated heterocycles. The molecular weight excluding hydrogens is 240 g/mol. The molecule has 0 unspecified atom stereocenters. The largest absolute Gasteiger partial charge is 0.477 e. The summed E-state index contributed by atoms with van der Waals surface area (Å²) in [6, 6.07) is 0. The number of nitrogens with zero attached hydrogens (tertiary/aromatic N) is 1. The summed E-state index contributed by atoms with van der Waals surface area (Å²) in [5.41, 5.74) is 0. The van der Waals surface area contributed by atoms with E-state index in [0.717, 1.165) is 24.4 Å². The lowest BCUT2D eigenvalue weighted by Crippen LogP contribution is -2.10. The van der Waals surface area contributed by atoms with Crippen LogP contribution >= 0.6 is 11.3 Å². The van der Waals surface area contributed by atoms with Crippen molar-refractivity contribution < 1.29 is 14.6 Å². The van der Waals surface area contributed by atoms with Crippen molar-refractivity contribution >= 4 is 22.4 Å². The van der Waals surface area contributed by atoms with Gasteiger partial charge in [-0.2, -0.15) is 0 Å². The number of rotatable bonds is 8. The van der Waals surface area contributed by atoms with Crippen LogP contribution in [0.15, 0.2) is 6.20 Å². The molecule has 0 aliphatic rings. The van der Waals surface area contributed by atoms with Crippen LogP contribution in [0.2, 0.25) is 0 Å². The molecule has 0 atom stereocenters. The van der Waals surface area contributed by atoms with Crippen LogP contribution in [-0.4, -0.2) is 35.8 Å². The predicted molar refractivity (Wildman–Crippen MR) is 67.8 cm³/mol. The van der Waals surface area contributed by atoms with Crippen molar-refractivity contribution in [3.63, 3.8) is 0 Å². The molecular formula is C11H18N2O3S. The maximum absolute atomic E-state index is 10.6. The van der Waals surface area contributed by atoms with Crippen LogP contribution in [0.5, 0.6) is 0 Å². The van der Waals surface area contributed by atoms with Gasteiger partial charge in [0, 0.05) is 13.2 Å². The first kappa shape index (κ1) is 13.9. The van der Waals surface area contributed by atoms with Crippen LogP contribution in [0.1, 0.15) is 29.9 Å². The van der Waals surface area contributed by atoms with Crippen molar-refractivity contribution in [2.75, 3.05) is 25.1 Å². The topological polar surface area (TPSA) is 71.5 Å². The first-order chi connectivity index (χ1) is 8.09. The Balaban J connectivity index is 2.11. The van der Waals surface area contributed by atoms with E-state index in [1.807, 2.05) is 0 Å². The van der Waals surface area contributed by atoms with Gasteiger partial charge in [0.25, 0.3) is 0 Å². The van der Waals surface area contributed by atoms with Crippen molar-refractivity contribution in [1.82, 2.24) is 4.98 Å². The Morgan fingerprint density at radius 3 is 2.94 bits per heavy atom. The zero-order valence-corrected chi connectivity index (χ0v) is 10.9. The van der Waals surface area contributed by atoms with Crippen LogP contribution in [0.25, 0.3) is 0 Å². The van der Waals surface area contributed by atoms with Gasteiger partial charge >= 0.3 is 5.97 Å². The first-order valence-corrected chi connectivity index (χ1v) is 6.42. The van der Waals surface area contributed by atoms with Gasteiger partial charge in [0.1, 0.15) is 4.88 Å². The fourth-order valence-corrected chi connectivity index (χ4v) is 1.79. The molecule has 5 nitrogen and oxygen atoms in total. The van der Waals surface area contributed by atoms with Gasteiger partial charge in [0.2, 0.25) is 0 Å². The Hall–Kier alpha value is -1.14. The molecule has 6 heteroatoms. The minimum atomic E-state index is -0.941. The molecule has 0 radical (unpaired) electrons. The average molecular weight is 258 g/mol. The highest BCUT2D eigenvalue weighted by atomic mass is 32.1. The van der Waals surface area contributed by atoms with Crippen molar-refractivity contribution in [1.29, 1.82) is 0 Å². The fraction of sp³-hybridized carbons (Fsp3) is 0.636. The highest BCUT2D eigenvalue weighted by Gasteiger charge is 2.07. The molecule has 1 aromatic rings. The number of carboxylic acid groups (broad SMARTS) is 1. The standard InChI is InChI=1S/C11H18N2O3S/c1-8(2)3-5-16-6-4-12-11-13-7-9(17-11)10(14)15/h7-8H,3-6H2,1-2H3,(H,12,13)(H,14,15). The third-order valence-electron chi connectivity index (χ3n) is 2.08. The maximum atomic E-state index is 10.6. The molecule has 0 aliphatic carbocycles. The quantitative estimate of drug-likeness (QED) is 0.700. The number of hydrogen-bond donors (Lipinski definition) is 2. The van der Waals surface area contributed by atoms with Crippen molar-refractivity contribution in [2.45, 2.75) is 20.3 Å². The Morgan fingerprint density at radius 1 is 1.59 bits per heavy atom. The minimum absolute atomic E-state index is 0.244. The molecule has 0 saturated carbocycles. The second-order valence-corrected chi connectivity index (χ2v) is 5.09. The number of aromatic nitrogens is 1. The predicted octanol–water partition coefficient (Wildman–Crippen LogP) is 2.32. The number of anilines is 1. The molecule has 96 valence electrons. The lowest BCUT2D eigenvalue weighted by atomic mass is 10.1. The lowest BCUT2D eigenvalue weighted by Gasteiger charge is -2.06. The highest BCUT2D eigenvalue weighted by molar-refractivity contribution is 7.17. The van der Waals surface area contributed by atoms with E-state index in [-0.39, 0.29) is 4.88 Å². The Bertz CT molecular complexity index is 352. The number of carbonyl (C=O) groups is 1. The Labute approximate surface area is 105 Å². The molecule has 1 rings (SSSR count). The van der Waals surface area contributed by atoms with Crippen molar-refractivity contribution in [2.24, 2.45) is 5.92 Å². The number of thiazole rings is 1. The average Bonchev–Trinajstić information content (AvgIpc) is 2.71. The Morgan fingerprint density at radius 2 is 2.35 bits per heavy atom. The zero-order chi connectivity index (χ0) is 12.7. The van der Waals surface area contributed by atoms with Crippen LogP contribution in [-0.2, 0) is 4.74 Å². The monoisotopic (exact) mass is 258 g/mol. The summed E-state index contributed by atoms with van der Waals surface area (Å²) < 4.78 is 5.42. The number of aromatic carboxylic acids is 1. The maximum Gasteiger partial charge on any atom is 0.347 e. The van der Waals surface area contributed by atoms with Crippen LogP contribution in [0.4, 0.5) is 5.13 Å². The molecule has 0 spiro atoms. The molecule has 1 aromatic heterocycles. The van der Waals surface area contributed by atoms with Gasteiger partial charge in [-0.05, 0) is 12.3 Å². The zero-order valence-electron chi connectivity index (χ0n) is 10.1. The number of hydrogen-bond acceptors (Lipinski definition) is 5. The third-order valence-corrected chi connectivity index (χ3v) is 3.02. The second kappa shape index (κ2) is 7.24. The van der Waals surface area contributed by atoms with Gasteiger partial charge in [0.05, 0.1) is 12.8 Å². The summed E-state index contributed by atoms with van der Waals surface area (Å²) in [6.45, 7) is 6.33. The SMILES string of the molecule is CC(C)CCOCCNc1ncc(C(=O)O)s1. The molecule has 0 aromatic carbocycles. The van der Waals surface area contributed by atoms with E-state index in [1.165, 1.54) is 6.20 Å². The molecule has 2 N–H and O–H groups in total. The van der Waals surface area contributed by atoms with E-state index in [0.29, 0.717) is 24.2 Å². The van der Waals surface area contributed by atoms with Gasteiger partial charge in [-0.1, -0.05) is 25.2 Å². The molecule has 0 amide bonds. The van der Waals surface area contributed by atoms with E-state index in [9.17, 15) is 4.79 Å². The summed E-state index contributed by atoms with van der Waals surface area (Å²) in [4.78, 5) is 14.8. The lowest BCUT2D eigenvalue weighted by molar-refractivity contribution is 0.0702. The molecule has 0 bridgehead atoms. The van der Waals surface area contributed by atoms with E-state index < -0.39 is 5.97 Å². The number of carboxylic acids is 1. The normalized spacial score (nSPS) is 10.8. The number of nitrogens with one attached hydrogen (secondary N) is 1. The fourth-order valence-electron chi connectivity index (χ4n) is 1.11. The van der Waals surface area contributed by atoms with Gasteiger partial charge in [0.15, 0.2) is 5.13 Å². The minimum Gasteiger partial charge on any atom is -0.477 e. The smallest absolute Gasteiger partial charge is 0.347 e. The first-order valence-electron chi connectivity index (χ1n) is 5.60. The van der Waals surface area contributed by atoms with Gasteiger partial charge < -0.3 is 15.2 Å². The van der Waals surface area contributed by atoms with Gasteiger partial charge in [-0.25, -0.2) is 9.78 Å². The summed E-state index contributed by atoms with van der Waals surface area (Å²) in [5.74, 6) is -0.288. The number of ether oxygens (including phenoxy) is 1. The summed E-state index contributed by atoms with van der Waals surface area (Å²) in [5, 5.41) is 12.4. The van der Waals surface area contributed by atoms with Gasteiger partial charge in [-0.15, -0.1) is 0 Å². The highest BCUT2D eigenvalue weighted by Crippen LogP contribution is 2.17. The third kappa shape index (κ3) is 5.65. The Kier molecular flexibility index (Phi) is 5.93. The van der Waals surface area contributed by atoms with Gasteiger partial charge in [-0.3, -0.25) is 0 Å². The van der Waals surface area contributed by atoms with Crippen molar-refractivity contribution in [3.05, 3.63) is 11.1 Å². The van der Waals surface area contributed by atoms with Crippen molar-refractivity contribution in [3.8, 4) is 0 Å². The summed E-state index contributed by atoms with van der Waals surface area (Å²) in [7, 11) is 0.